The topological polar surface area (TPSA) is 50.7 Å². The van der Waals surface area contributed by atoms with Gasteiger partial charge in [0.2, 0.25) is 0 Å². The second kappa shape index (κ2) is 8.29. The normalized spacial score (nSPS) is 10.4. The molecule has 0 aliphatic heterocycles. The molecule has 2 rings (SSSR count). The zero-order chi connectivity index (χ0) is 14.9. The molecule has 112 valence electrons. The van der Waals surface area contributed by atoms with E-state index in [9.17, 15) is 0 Å². The van der Waals surface area contributed by atoms with Gasteiger partial charge in [0, 0.05) is 13.1 Å². The van der Waals surface area contributed by atoms with Crippen LogP contribution in [-0.4, -0.2) is 25.4 Å². The molecule has 0 saturated carbocycles. The van der Waals surface area contributed by atoms with Gasteiger partial charge in [0.15, 0.2) is 0 Å². The summed E-state index contributed by atoms with van der Waals surface area (Å²) in [4.78, 5) is 0. The summed E-state index contributed by atoms with van der Waals surface area (Å²) >= 11 is 0. The summed E-state index contributed by atoms with van der Waals surface area (Å²) in [7, 11) is 1.65. The Morgan fingerprint density at radius 3 is 2.14 bits per heavy atom. The molecule has 0 unspecified atom stereocenters. The number of aliphatic hydroxyl groups is 1. The number of ether oxygens (including phenoxy) is 2. The Kier molecular flexibility index (Phi) is 6.06. The molecule has 0 radical (unpaired) electrons. The van der Waals surface area contributed by atoms with Crippen molar-refractivity contribution in [3.8, 4) is 11.5 Å². The van der Waals surface area contributed by atoms with E-state index in [1.54, 1.807) is 7.11 Å². The third-order valence-electron chi connectivity index (χ3n) is 3.14. The second-order valence-corrected chi connectivity index (χ2v) is 4.68. The van der Waals surface area contributed by atoms with Crippen molar-refractivity contribution >= 4 is 0 Å². The maximum absolute atomic E-state index is 8.98. The molecule has 0 bridgehead atoms. The summed E-state index contributed by atoms with van der Waals surface area (Å²) in [6, 6.07) is 15.5. The highest BCUT2D eigenvalue weighted by Crippen LogP contribution is 2.16. The number of methoxy groups -OCH3 is 1. The van der Waals surface area contributed by atoms with Crippen molar-refractivity contribution < 1.29 is 14.6 Å². The fourth-order valence-corrected chi connectivity index (χ4v) is 1.91. The molecule has 0 heterocycles. The van der Waals surface area contributed by atoms with Gasteiger partial charge in [-0.15, -0.1) is 0 Å². The van der Waals surface area contributed by atoms with Gasteiger partial charge in [-0.1, -0.05) is 24.3 Å². The first kappa shape index (κ1) is 15.4. The molecular formula is C17H21NO3. The van der Waals surface area contributed by atoms with Crippen LogP contribution in [0.2, 0.25) is 0 Å². The summed E-state index contributed by atoms with van der Waals surface area (Å²) in [6.07, 6.45) is 0. The standard InChI is InChI=1S/C17H21NO3/c1-20-16-6-8-17(9-7-16)21-11-10-18-12-14-2-4-15(13-19)5-3-14/h2-9,18-19H,10-13H2,1H3. The van der Waals surface area contributed by atoms with Gasteiger partial charge in [-0.25, -0.2) is 0 Å². The highest BCUT2D eigenvalue weighted by Gasteiger charge is 1.96. The van der Waals surface area contributed by atoms with Gasteiger partial charge in [-0.3, -0.25) is 0 Å². The molecule has 0 atom stereocenters. The average molecular weight is 287 g/mol. The molecule has 4 nitrogen and oxygen atoms in total. The molecule has 21 heavy (non-hydrogen) atoms. The summed E-state index contributed by atoms with van der Waals surface area (Å²) in [5.74, 6) is 1.66. The van der Waals surface area contributed by atoms with E-state index in [2.05, 4.69) is 5.32 Å². The summed E-state index contributed by atoms with van der Waals surface area (Å²) in [5.41, 5.74) is 2.12. The lowest BCUT2D eigenvalue weighted by Crippen LogP contribution is -2.20. The molecule has 0 aliphatic carbocycles. The van der Waals surface area contributed by atoms with E-state index >= 15 is 0 Å². The van der Waals surface area contributed by atoms with Gasteiger partial charge in [0.1, 0.15) is 18.1 Å². The zero-order valence-electron chi connectivity index (χ0n) is 12.2. The minimum atomic E-state index is 0.0867. The highest BCUT2D eigenvalue weighted by molar-refractivity contribution is 5.31. The Hall–Kier alpha value is -2.04. The van der Waals surface area contributed by atoms with Crippen LogP contribution in [0.15, 0.2) is 48.5 Å². The number of hydrogen-bond donors (Lipinski definition) is 2. The van der Waals surface area contributed by atoms with E-state index in [0.29, 0.717) is 6.61 Å². The first-order valence-electron chi connectivity index (χ1n) is 6.98. The number of benzene rings is 2. The van der Waals surface area contributed by atoms with Crippen LogP contribution in [0, 0.1) is 0 Å². The van der Waals surface area contributed by atoms with Crippen molar-refractivity contribution in [1.82, 2.24) is 5.32 Å². The predicted octanol–water partition coefficient (Wildman–Crippen LogP) is 2.36. The molecule has 0 spiro atoms. The molecule has 4 heteroatoms. The Bertz CT molecular complexity index is 473. The van der Waals surface area contributed by atoms with E-state index in [0.717, 1.165) is 30.2 Å². The maximum atomic E-state index is 8.98. The maximum Gasteiger partial charge on any atom is 0.119 e. The summed E-state index contributed by atoms with van der Waals surface area (Å²) < 4.78 is 10.7. The first-order valence-corrected chi connectivity index (χ1v) is 6.98. The van der Waals surface area contributed by atoms with Gasteiger partial charge >= 0.3 is 0 Å². The van der Waals surface area contributed by atoms with Crippen molar-refractivity contribution in [2.45, 2.75) is 13.2 Å². The smallest absolute Gasteiger partial charge is 0.119 e. The zero-order valence-corrected chi connectivity index (χ0v) is 12.2. The van der Waals surface area contributed by atoms with Gasteiger partial charge in [0.05, 0.1) is 13.7 Å². The summed E-state index contributed by atoms with van der Waals surface area (Å²) in [5, 5.41) is 12.3. The van der Waals surface area contributed by atoms with Gasteiger partial charge in [0.25, 0.3) is 0 Å². The largest absolute Gasteiger partial charge is 0.497 e. The molecule has 2 aromatic rings. The molecule has 0 saturated heterocycles. The van der Waals surface area contributed by atoms with Crippen LogP contribution in [0.25, 0.3) is 0 Å². The van der Waals surface area contributed by atoms with Crippen molar-refractivity contribution in [3.63, 3.8) is 0 Å². The first-order chi connectivity index (χ1) is 10.3. The number of nitrogens with one attached hydrogen (secondary N) is 1. The van der Waals surface area contributed by atoms with Crippen LogP contribution in [0.1, 0.15) is 11.1 Å². The lowest BCUT2D eigenvalue weighted by molar-refractivity contribution is 0.282. The average Bonchev–Trinajstić information content (AvgIpc) is 2.55. The molecule has 0 aliphatic rings. The molecule has 2 aromatic carbocycles. The third-order valence-corrected chi connectivity index (χ3v) is 3.14. The van der Waals surface area contributed by atoms with Crippen LogP contribution in [0.5, 0.6) is 11.5 Å². The fourth-order valence-electron chi connectivity index (χ4n) is 1.91. The van der Waals surface area contributed by atoms with Crippen molar-refractivity contribution in [1.29, 1.82) is 0 Å². The molecule has 0 fully saturated rings. The minimum Gasteiger partial charge on any atom is -0.497 e. The highest BCUT2D eigenvalue weighted by atomic mass is 16.5. The van der Waals surface area contributed by atoms with Crippen molar-refractivity contribution in [2.24, 2.45) is 0 Å². The molecule has 0 amide bonds. The minimum absolute atomic E-state index is 0.0867. The third kappa shape index (κ3) is 5.10. The molecular weight excluding hydrogens is 266 g/mol. The number of rotatable bonds is 8. The van der Waals surface area contributed by atoms with E-state index < -0.39 is 0 Å². The van der Waals surface area contributed by atoms with Crippen molar-refractivity contribution in [3.05, 3.63) is 59.7 Å². The Labute approximate surface area is 125 Å². The van der Waals surface area contributed by atoms with E-state index in [-0.39, 0.29) is 6.61 Å². The predicted molar refractivity (Wildman–Crippen MR) is 82.6 cm³/mol. The Morgan fingerprint density at radius 2 is 1.52 bits per heavy atom. The lowest BCUT2D eigenvalue weighted by atomic mass is 10.1. The van der Waals surface area contributed by atoms with Gasteiger partial charge in [-0.05, 0) is 35.4 Å². The second-order valence-electron chi connectivity index (χ2n) is 4.68. The van der Waals surface area contributed by atoms with Gasteiger partial charge in [-0.2, -0.15) is 0 Å². The Balaban J connectivity index is 1.64. The summed E-state index contributed by atoms with van der Waals surface area (Å²) in [6.45, 7) is 2.26. The lowest BCUT2D eigenvalue weighted by Gasteiger charge is -2.08. The van der Waals surface area contributed by atoms with Crippen molar-refractivity contribution in [2.75, 3.05) is 20.3 Å². The Morgan fingerprint density at radius 1 is 0.905 bits per heavy atom. The van der Waals surface area contributed by atoms with Crippen LogP contribution < -0.4 is 14.8 Å². The van der Waals surface area contributed by atoms with Crippen LogP contribution in [0.4, 0.5) is 0 Å². The monoisotopic (exact) mass is 287 g/mol. The molecule has 0 aromatic heterocycles. The number of hydrogen-bond acceptors (Lipinski definition) is 4. The SMILES string of the molecule is COc1ccc(OCCNCc2ccc(CO)cc2)cc1. The fraction of sp³-hybridized carbons (Fsp3) is 0.294. The van der Waals surface area contributed by atoms with E-state index in [1.807, 2.05) is 48.5 Å². The van der Waals surface area contributed by atoms with Crippen LogP contribution >= 0.6 is 0 Å². The quantitative estimate of drug-likeness (QED) is 0.732. The molecule has 2 N–H and O–H groups in total. The van der Waals surface area contributed by atoms with Crippen LogP contribution in [-0.2, 0) is 13.2 Å². The van der Waals surface area contributed by atoms with E-state index in [4.69, 9.17) is 14.6 Å². The number of aliphatic hydroxyl groups excluding tert-OH is 1. The van der Waals surface area contributed by atoms with E-state index in [1.165, 1.54) is 5.56 Å². The van der Waals surface area contributed by atoms with Crippen LogP contribution in [0.3, 0.4) is 0 Å². The van der Waals surface area contributed by atoms with Gasteiger partial charge < -0.3 is 19.9 Å².